The van der Waals surface area contributed by atoms with Crippen LogP contribution in [0.15, 0.2) is 27.3 Å². The quantitative estimate of drug-likeness (QED) is 0.904. The van der Waals surface area contributed by atoms with Crippen LogP contribution in [0, 0.1) is 0 Å². The number of rotatable bonds is 3. The minimum atomic E-state index is -0.177. The Balaban J connectivity index is 1.79. The van der Waals surface area contributed by atoms with Gasteiger partial charge in [-0.25, -0.2) is 0 Å². The zero-order valence-electron chi connectivity index (χ0n) is 12.3. The molecule has 1 fully saturated rings. The number of amides is 1. The van der Waals surface area contributed by atoms with Gasteiger partial charge in [-0.3, -0.25) is 10.1 Å². The maximum atomic E-state index is 12.4. The number of aromatic nitrogens is 2. The molecule has 1 N–H and O–H groups in total. The second-order valence-corrected chi connectivity index (χ2v) is 7.38. The van der Waals surface area contributed by atoms with Crippen LogP contribution < -0.4 is 5.32 Å². The number of anilines is 1. The van der Waals surface area contributed by atoms with E-state index >= 15 is 0 Å². The molecule has 1 aliphatic carbocycles. The lowest BCUT2D eigenvalue weighted by Gasteiger charge is -2.12. The Morgan fingerprint density at radius 3 is 2.71 bits per heavy atom. The number of hydrogen-bond donors (Lipinski definition) is 1. The van der Waals surface area contributed by atoms with Crippen molar-refractivity contribution in [3.63, 3.8) is 0 Å². The van der Waals surface area contributed by atoms with Gasteiger partial charge in [0.25, 0.3) is 5.91 Å². The highest BCUT2D eigenvalue weighted by Crippen LogP contribution is 2.37. The molecule has 0 bridgehead atoms. The Morgan fingerprint density at radius 2 is 2.14 bits per heavy atom. The first-order chi connectivity index (χ1) is 9.84. The summed E-state index contributed by atoms with van der Waals surface area (Å²) in [7, 11) is 0. The maximum absolute atomic E-state index is 12.4. The van der Waals surface area contributed by atoms with Gasteiger partial charge in [-0.1, -0.05) is 25.9 Å². The van der Waals surface area contributed by atoms with Crippen LogP contribution in [0.4, 0.5) is 5.88 Å². The van der Waals surface area contributed by atoms with Crippen molar-refractivity contribution in [3.05, 3.63) is 34.2 Å². The first-order valence-corrected chi connectivity index (χ1v) is 7.80. The molecule has 0 unspecified atom stereocenters. The summed E-state index contributed by atoms with van der Waals surface area (Å²) in [5.41, 5.74) is 1.35. The zero-order chi connectivity index (χ0) is 15.2. The molecule has 1 saturated carbocycles. The van der Waals surface area contributed by atoms with Crippen LogP contribution in [-0.4, -0.2) is 15.6 Å². The predicted octanol–water partition coefficient (Wildman–Crippen LogP) is 4.12. The van der Waals surface area contributed by atoms with Crippen molar-refractivity contribution >= 4 is 27.7 Å². The smallest absolute Gasteiger partial charge is 0.274 e. The molecule has 21 heavy (non-hydrogen) atoms. The molecule has 112 valence electrons. The third-order valence-electron chi connectivity index (χ3n) is 3.50. The summed E-state index contributed by atoms with van der Waals surface area (Å²) in [4.78, 5) is 12.4. The predicted molar refractivity (Wildman–Crippen MR) is 83.6 cm³/mol. The van der Waals surface area contributed by atoms with E-state index in [9.17, 15) is 4.79 Å². The van der Waals surface area contributed by atoms with E-state index in [2.05, 4.69) is 26.4 Å². The van der Waals surface area contributed by atoms with Crippen molar-refractivity contribution < 1.29 is 9.32 Å². The topological polar surface area (TPSA) is 60.1 Å². The molecule has 0 atom stereocenters. The van der Waals surface area contributed by atoms with Crippen molar-refractivity contribution in [2.24, 2.45) is 0 Å². The number of nitrogens with zero attached hydrogens (tertiary/aromatic N) is 2. The average Bonchev–Trinajstić information content (AvgIpc) is 2.98. The van der Waals surface area contributed by atoms with Crippen LogP contribution in [0.25, 0.3) is 0 Å². The van der Waals surface area contributed by atoms with E-state index in [0.717, 1.165) is 23.0 Å². The van der Waals surface area contributed by atoms with Crippen LogP contribution in [0.5, 0.6) is 0 Å². The van der Waals surface area contributed by atoms with Crippen molar-refractivity contribution in [1.29, 1.82) is 0 Å². The number of nitrogens with one attached hydrogen (secondary N) is 1. The average molecular weight is 352 g/mol. The monoisotopic (exact) mass is 351 g/mol. The normalized spacial score (nSPS) is 15.2. The molecule has 0 aliphatic heterocycles. The Morgan fingerprint density at radius 1 is 1.43 bits per heavy atom. The molecule has 2 aromatic heterocycles. The standard InChI is InChI=1S/C15H18BrN3O2/c1-15(2,3)12-7-13(21-18-12)17-14(20)11-6-9(16)8-19(11)10-4-5-10/h6-8,10H,4-5H2,1-3H3,(H,17,20). The third-order valence-corrected chi connectivity index (χ3v) is 3.94. The second kappa shape index (κ2) is 5.02. The summed E-state index contributed by atoms with van der Waals surface area (Å²) in [5, 5.41) is 6.78. The summed E-state index contributed by atoms with van der Waals surface area (Å²) >= 11 is 3.43. The van der Waals surface area contributed by atoms with E-state index in [1.807, 2.05) is 37.6 Å². The molecule has 1 aliphatic rings. The van der Waals surface area contributed by atoms with Gasteiger partial charge in [0.15, 0.2) is 0 Å². The fourth-order valence-corrected chi connectivity index (χ4v) is 2.58. The minimum Gasteiger partial charge on any atom is -0.339 e. The molecule has 1 amide bonds. The highest BCUT2D eigenvalue weighted by atomic mass is 79.9. The molecule has 5 nitrogen and oxygen atoms in total. The van der Waals surface area contributed by atoms with Gasteiger partial charge in [0, 0.05) is 28.2 Å². The van der Waals surface area contributed by atoms with Gasteiger partial charge in [-0.15, -0.1) is 0 Å². The van der Waals surface area contributed by atoms with Crippen molar-refractivity contribution in [2.75, 3.05) is 5.32 Å². The number of hydrogen-bond acceptors (Lipinski definition) is 3. The van der Waals surface area contributed by atoms with Crippen LogP contribution in [0.3, 0.4) is 0 Å². The zero-order valence-corrected chi connectivity index (χ0v) is 13.9. The Hall–Kier alpha value is -1.56. The molecule has 6 heteroatoms. The van der Waals surface area contributed by atoms with E-state index in [-0.39, 0.29) is 11.3 Å². The minimum absolute atomic E-state index is 0.107. The number of carbonyl (C=O) groups excluding carboxylic acids is 1. The highest BCUT2D eigenvalue weighted by molar-refractivity contribution is 9.10. The van der Waals surface area contributed by atoms with E-state index < -0.39 is 0 Å². The molecule has 2 aromatic rings. The Kier molecular flexibility index (Phi) is 3.43. The van der Waals surface area contributed by atoms with E-state index in [1.165, 1.54) is 0 Å². The van der Waals surface area contributed by atoms with E-state index in [1.54, 1.807) is 6.07 Å². The molecule has 0 saturated heterocycles. The molecule has 2 heterocycles. The fourth-order valence-electron chi connectivity index (χ4n) is 2.15. The molecule has 3 rings (SSSR count). The fraction of sp³-hybridized carbons (Fsp3) is 0.467. The van der Waals surface area contributed by atoms with Gasteiger partial charge in [-0.2, -0.15) is 0 Å². The van der Waals surface area contributed by atoms with Crippen LogP contribution >= 0.6 is 15.9 Å². The van der Waals surface area contributed by atoms with E-state index in [4.69, 9.17) is 4.52 Å². The number of halogens is 1. The molecular weight excluding hydrogens is 334 g/mol. The van der Waals surface area contributed by atoms with Crippen molar-refractivity contribution in [1.82, 2.24) is 9.72 Å². The van der Waals surface area contributed by atoms with Gasteiger partial charge in [0.2, 0.25) is 5.88 Å². The molecule has 0 radical (unpaired) electrons. The largest absolute Gasteiger partial charge is 0.339 e. The molecule has 0 spiro atoms. The first-order valence-electron chi connectivity index (χ1n) is 7.00. The van der Waals surface area contributed by atoms with Gasteiger partial charge in [0.05, 0.1) is 5.69 Å². The number of carbonyl (C=O) groups is 1. The van der Waals surface area contributed by atoms with Crippen molar-refractivity contribution in [3.8, 4) is 0 Å². The van der Waals surface area contributed by atoms with Crippen LogP contribution in [0.1, 0.15) is 55.8 Å². The highest BCUT2D eigenvalue weighted by Gasteiger charge is 2.28. The SMILES string of the molecule is CC(C)(C)c1cc(NC(=O)c2cc(Br)cn2C2CC2)on1. The molecular formula is C15H18BrN3O2. The summed E-state index contributed by atoms with van der Waals surface area (Å²) in [5.74, 6) is 0.203. The lowest BCUT2D eigenvalue weighted by atomic mass is 9.92. The lowest BCUT2D eigenvalue weighted by molar-refractivity contribution is 0.101. The summed E-state index contributed by atoms with van der Waals surface area (Å²) < 4.78 is 8.13. The Bertz CT molecular complexity index is 677. The lowest BCUT2D eigenvalue weighted by Crippen LogP contribution is -2.16. The summed E-state index contributed by atoms with van der Waals surface area (Å²) in [6, 6.07) is 4.04. The maximum Gasteiger partial charge on any atom is 0.274 e. The van der Waals surface area contributed by atoms with Gasteiger partial charge in [-0.05, 0) is 34.8 Å². The van der Waals surface area contributed by atoms with Crippen LogP contribution in [-0.2, 0) is 5.41 Å². The third kappa shape index (κ3) is 3.05. The van der Waals surface area contributed by atoms with Gasteiger partial charge < -0.3 is 9.09 Å². The second-order valence-electron chi connectivity index (χ2n) is 6.46. The Labute approximate surface area is 131 Å². The summed E-state index contributed by atoms with van der Waals surface area (Å²) in [6.07, 6.45) is 4.20. The summed E-state index contributed by atoms with van der Waals surface area (Å²) in [6.45, 7) is 6.14. The van der Waals surface area contributed by atoms with E-state index in [0.29, 0.717) is 17.6 Å². The van der Waals surface area contributed by atoms with Crippen molar-refractivity contribution in [2.45, 2.75) is 45.1 Å². The van der Waals surface area contributed by atoms with Crippen LogP contribution in [0.2, 0.25) is 0 Å². The van der Waals surface area contributed by atoms with Gasteiger partial charge in [0.1, 0.15) is 5.69 Å². The van der Waals surface area contributed by atoms with Gasteiger partial charge >= 0.3 is 0 Å². The first kappa shape index (κ1) is 14.4. The molecule has 0 aromatic carbocycles.